The van der Waals surface area contributed by atoms with Crippen LogP contribution in [0.4, 0.5) is 5.69 Å². The smallest absolute Gasteiger partial charge is 0.170 e. The molecular formula is C20H26N2O2S. The fourth-order valence-corrected chi connectivity index (χ4v) is 2.81. The highest BCUT2D eigenvalue weighted by atomic mass is 32.1. The molecule has 2 rings (SSSR count). The third-order valence-corrected chi connectivity index (χ3v) is 4.40. The predicted molar refractivity (Wildman–Crippen MR) is 108 cm³/mol. The molecule has 0 aliphatic carbocycles. The Balaban J connectivity index is 1.89. The van der Waals surface area contributed by atoms with Crippen molar-refractivity contribution in [3.8, 4) is 11.5 Å². The molecule has 2 N–H and O–H groups in total. The van der Waals surface area contributed by atoms with Crippen molar-refractivity contribution < 1.29 is 9.47 Å². The third kappa shape index (κ3) is 5.94. The van der Waals surface area contributed by atoms with Gasteiger partial charge < -0.3 is 20.1 Å². The van der Waals surface area contributed by atoms with Crippen LogP contribution in [0.1, 0.15) is 18.9 Å². The molecule has 5 heteroatoms. The molecule has 0 unspecified atom stereocenters. The highest BCUT2D eigenvalue weighted by molar-refractivity contribution is 7.80. The topological polar surface area (TPSA) is 42.5 Å². The Kier molecular flexibility index (Phi) is 7.54. The van der Waals surface area contributed by atoms with Gasteiger partial charge in [-0.3, -0.25) is 0 Å². The SMILES string of the molecule is CC[C@@H](CNC(=S)Nc1ccc(OC)cc1OC)Cc1ccccc1. The summed E-state index contributed by atoms with van der Waals surface area (Å²) in [6, 6.07) is 16.1. The number of anilines is 1. The van der Waals surface area contributed by atoms with E-state index in [0.29, 0.717) is 16.8 Å². The molecule has 0 aliphatic heterocycles. The lowest BCUT2D eigenvalue weighted by molar-refractivity contribution is 0.395. The van der Waals surface area contributed by atoms with Crippen molar-refractivity contribution in [1.29, 1.82) is 0 Å². The summed E-state index contributed by atoms with van der Waals surface area (Å²) in [6.07, 6.45) is 2.13. The molecule has 25 heavy (non-hydrogen) atoms. The van der Waals surface area contributed by atoms with Crippen LogP contribution in [0.2, 0.25) is 0 Å². The molecule has 0 saturated carbocycles. The molecule has 0 spiro atoms. The first-order valence-corrected chi connectivity index (χ1v) is 8.87. The number of nitrogens with one attached hydrogen (secondary N) is 2. The third-order valence-electron chi connectivity index (χ3n) is 4.15. The van der Waals surface area contributed by atoms with Gasteiger partial charge in [0.05, 0.1) is 19.9 Å². The van der Waals surface area contributed by atoms with Crippen LogP contribution >= 0.6 is 12.2 Å². The van der Waals surface area contributed by atoms with Gasteiger partial charge in [0.2, 0.25) is 0 Å². The Labute approximate surface area is 155 Å². The Morgan fingerprint density at radius 1 is 1.08 bits per heavy atom. The molecule has 4 nitrogen and oxygen atoms in total. The number of hydrogen-bond acceptors (Lipinski definition) is 3. The number of methoxy groups -OCH3 is 2. The van der Waals surface area contributed by atoms with E-state index in [-0.39, 0.29) is 0 Å². The van der Waals surface area contributed by atoms with Crippen molar-refractivity contribution >= 4 is 23.0 Å². The van der Waals surface area contributed by atoms with E-state index in [1.807, 2.05) is 24.3 Å². The van der Waals surface area contributed by atoms with Gasteiger partial charge in [0.25, 0.3) is 0 Å². The summed E-state index contributed by atoms with van der Waals surface area (Å²) in [6.45, 7) is 3.04. The average Bonchev–Trinajstić information content (AvgIpc) is 2.66. The van der Waals surface area contributed by atoms with Crippen LogP contribution in [-0.2, 0) is 6.42 Å². The molecule has 2 aromatic carbocycles. The summed E-state index contributed by atoms with van der Waals surface area (Å²) in [5, 5.41) is 7.10. The number of benzene rings is 2. The van der Waals surface area contributed by atoms with E-state index in [1.54, 1.807) is 14.2 Å². The second kappa shape index (κ2) is 9.89. The molecule has 0 saturated heterocycles. The van der Waals surface area contributed by atoms with Crippen molar-refractivity contribution in [2.45, 2.75) is 19.8 Å². The van der Waals surface area contributed by atoms with Crippen molar-refractivity contribution in [2.75, 3.05) is 26.1 Å². The van der Waals surface area contributed by atoms with Crippen LogP contribution in [0, 0.1) is 5.92 Å². The quantitative estimate of drug-likeness (QED) is 0.690. The molecule has 0 aromatic heterocycles. The molecule has 134 valence electrons. The molecule has 0 amide bonds. The summed E-state index contributed by atoms with van der Waals surface area (Å²) >= 11 is 5.43. The Morgan fingerprint density at radius 3 is 2.48 bits per heavy atom. The maximum Gasteiger partial charge on any atom is 0.170 e. The number of ether oxygens (including phenoxy) is 2. The fourth-order valence-electron chi connectivity index (χ4n) is 2.61. The van der Waals surface area contributed by atoms with Crippen LogP contribution in [0.5, 0.6) is 11.5 Å². The van der Waals surface area contributed by atoms with Gasteiger partial charge in [-0.1, -0.05) is 43.7 Å². The summed E-state index contributed by atoms with van der Waals surface area (Å²) in [5.41, 5.74) is 2.17. The zero-order valence-corrected chi connectivity index (χ0v) is 15.9. The zero-order valence-electron chi connectivity index (χ0n) is 15.0. The monoisotopic (exact) mass is 358 g/mol. The van der Waals surface area contributed by atoms with Gasteiger partial charge in [-0.2, -0.15) is 0 Å². The van der Waals surface area contributed by atoms with E-state index in [4.69, 9.17) is 21.7 Å². The second-order valence-electron chi connectivity index (χ2n) is 5.87. The summed E-state index contributed by atoms with van der Waals surface area (Å²) in [5.74, 6) is 1.97. The Bertz CT molecular complexity index is 677. The second-order valence-corrected chi connectivity index (χ2v) is 6.27. The first-order valence-electron chi connectivity index (χ1n) is 8.47. The van der Waals surface area contributed by atoms with Crippen molar-refractivity contribution in [3.05, 3.63) is 54.1 Å². The maximum atomic E-state index is 5.43. The number of thiocarbonyl (C=S) groups is 1. The number of hydrogen-bond donors (Lipinski definition) is 2. The van der Waals surface area contributed by atoms with Gasteiger partial charge in [-0.15, -0.1) is 0 Å². The van der Waals surface area contributed by atoms with Crippen LogP contribution < -0.4 is 20.1 Å². The van der Waals surface area contributed by atoms with Crippen LogP contribution in [-0.4, -0.2) is 25.9 Å². The van der Waals surface area contributed by atoms with Gasteiger partial charge in [-0.05, 0) is 42.3 Å². The molecule has 1 atom stereocenters. The van der Waals surface area contributed by atoms with Gasteiger partial charge in [-0.25, -0.2) is 0 Å². The molecular weight excluding hydrogens is 332 g/mol. The first kappa shape index (κ1) is 19.1. The molecule has 0 radical (unpaired) electrons. The minimum absolute atomic E-state index is 0.528. The molecule has 0 fully saturated rings. The van der Waals surface area contributed by atoms with Crippen LogP contribution in [0.25, 0.3) is 0 Å². The standard InChI is InChI=1S/C20H26N2O2S/c1-4-15(12-16-8-6-5-7-9-16)14-21-20(25)22-18-11-10-17(23-2)13-19(18)24-3/h5-11,13,15H,4,12,14H2,1-3H3,(H2,21,22,25)/t15-/m1/s1. The van der Waals surface area contributed by atoms with Crippen LogP contribution in [0.3, 0.4) is 0 Å². The van der Waals surface area contributed by atoms with E-state index >= 15 is 0 Å². The fraction of sp³-hybridized carbons (Fsp3) is 0.350. The Morgan fingerprint density at radius 2 is 1.84 bits per heavy atom. The molecule has 0 aliphatic rings. The van der Waals surface area contributed by atoms with E-state index in [0.717, 1.165) is 30.8 Å². The van der Waals surface area contributed by atoms with Gasteiger partial charge in [0.15, 0.2) is 5.11 Å². The van der Waals surface area contributed by atoms with Crippen LogP contribution in [0.15, 0.2) is 48.5 Å². The van der Waals surface area contributed by atoms with Crippen molar-refractivity contribution in [1.82, 2.24) is 5.32 Å². The van der Waals surface area contributed by atoms with Crippen molar-refractivity contribution in [2.24, 2.45) is 5.92 Å². The summed E-state index contributed by atoms with van der Waals surface area (Å²) < 4.78 is 10.6. The highest BCUT2D eigenvalue weighted by Crippen LogP contribution is 2.28. The van der Waals surface area contributed by atoms with Gasteiger partial charge in [0.1, 0.15) is 11.5 Å². The van der Waals surface area contributed by atoms with E-state index in [2.05, 4.69) is 41.8 Å². The number of rotatable bonds is 8. The summed E-state index contributed by atoms with van der Waals surface area (Å²) in [4.78, 5) is 0. The Hall–Kier alpha value is -2.27. The normalized spacial score (nSPS) is 11.5. The van der Waals surface area contributed by atoms with E-state index in [9.17, 15) is 0 Å². The van der Waals surface area contributed by atoms with Crippen molar-refractivity contribution in [3.63, 3.8) is 0 Å². The first-order chi connectivity index (χ1) is 12.2. The molecule has 0 heterocycles. The average molecular weight is 359 g/mol. The van der Waals surface area contributed by atoms with Gasteiger partial charge in [0, 0.05) is 12.6 Å². The van der Waals surface area contributed by atoms with Gasteiger partial charge >= 0.3 is 0 Å². The minimum atomic E-state index is 0.528. The summed E-state index contributed by atoms with van der Waals surface area (Å²) in [7, 11) is 3.26. The lowest BCUT2D eigenvalue weighted by atomic mass is 9.97. The zero-order chi connectivity index (χ0) is 18.1. The minimum Gasteiger partial charge on any atom is -0.497 e. The maximum absolute atomic E-state index is 5.43. The van der Waals surface area contributed by atoms with E-state index in [1.165, 1.54) is 5.56 Å². The lowest BCUT2D eigenvalue weighted by Crippen LogP contribution is -2.33. The molecule has 0 bridgehead atoms. The largest absolute Gasteiger partial charge is 0.497 e. The highest BCUT2D eigenvalue weighted by Gasteiger charge is 2.10. The lowest BCUT2D eigenvalue weighted by Gasteiger charge is -2.18. The van der Waals surface area contributed by atoms with E-state index < -0.39 is 0 Å². The predicted octanol–water partition coefficient (Wildman–Crippen LogP) is 4.26. The molecule has 2 aromatic rings.